The Morgan fingerprint density at radius 3 is 2.76 bits per heavy atom. The molecule has 1 aromatic rings. The number of rotatable bonds is 2. The first-order valence-electron chi connectivity index (χ1n) is 8.44. The molecule has 2 aliphatic carbocycles. The standard InChI is InChI=1S/C17H20F3NO3S/c1-21-9-12-2-5-15-14-4-3-13(24-25(22,23)17(18,19)20)8-11(14)6-7-16(12,15)10-21/h3-4,8,12,15H,2,5-7,9-10H2,1H3/t12-,15-,16+/m1/s1. The topological polar surface area (TPSA) is 46.6 Å². The van der Waals surface area contributed by atoms with E-state index in [0.717, 1.165) is 43.5 Å². The normalized spacial score (nSPS) is 32.2. The van der Waals surface area contributed by atoms with Crippen molar-refractivity contribution in [3.8, 4) is 5.75 Å². The van der Waals surface area contributed by atoms with Gasteiger partial charge in [0.2, 0.25) is 0 Å². The zero-order valence-electron chi connectivity index (χ0n) is 13.8. The third kappa shape index (κ3) is 2.56. The summed E-state index contributed by atoms with van der Waals surface area (Å²) in [5.41, 5.74) is -3.08. The minimum Gasteiger partial charge on any atom is -0.376 e. The fourth-order valence-electron chi connectivity index (χ4n) is 5.34. The van der Waals surface area contributed by atoms with Crippen LogP contribution in [0.25, 0.3) is 0 Å². The van der Waals surface area contributed by atoms with Crippen LogP contribution in [0.4, 0.5) is 13.2 Å². The van der Waals surface area contributed by atoms with Crippen molar-refractivity contribution in [1.82, 2.24) is 4.90 Å². The number of hydrogen-bond donors (Lipinski definition) is 0. The van der Waals surface area contributed by atoms with E-state index in [9.17, 15) is 21.6 Å². The van der Waals surface area contributed by atoms with Crippen molar-refractivity contribution in [2.75, 3.05) is 20.1 Å². The molecule has 1 saturated carbocycles. The molecule has 0 unspecified atom stereocenters. The van der Waals surface area contributed by atoms with Crippen LogP contribution in [0.5, 0.6) is 5.75 Å². The van der Waals surface area contributed by atoms with Crippen molar-refractivity contribution in [3.05, 3.63) is 29.3 Å². The molecule has 0 bridgehead atoms. The third-order valence-corrected chi connectivity index (χ3v) is 7.23. The van der Waals surface area contributed by atoms with Crippen molar-refractivity contribution < 1.29 is 25.8 Å². The average Bonchev–Trinajstić information content (AvgIpc) is 2.98. The maximum atomic E-state index is 12.5. The number of likely N-dealkylation sites (tertiary alicyclic amines) is 1. The summed E-state index contributed by atoms with van der Waals surface area (Å²) < 4.78 is 64.2. The molecule has 1 aromatic carbocycles. The molecule has 2 fully saturated rings. The molecule has 4 rings (SSSR count). The third-order valence-electron chi connectivity index (χ3n) is 6.25. The first-order valence-corrected chi connectivity index (χ1v) is 9.85. The van der Waals surface area contributed by atoms with Gasteiger partial charge < -0.3 is 9.08 Å². The molecule has 0 amide bonds. The van der Waals surface area contributed by atoms with Crippen LogP contribution in [0.3, 0.4) is 0 Å². The van der Waals surface area contributed by atoms with Crippen LogP contribution in [0, 0.1) is 11.3 Å². The Morgan fingerprint density at radius 2 is 2.04 bits per heavy atom. The molecular weight excluding hydrogens is 355 g/mol. The zero-order valence-corrected chi connectivity index (χ0v) is 14.7. The number of fused-ring (bicyclic) bond motifs is 2. The lowest BCUT2D eigenvalue weighted by atomic mass is 9.63. The van der Waals surface area contributed by atoms with Gasteiger partial charge in [-0.15, -0.1) is 0 Å². The summed E-state index contributed by atoms with van der Waals surface area (Å²) in [6.07, 6.45) is 4.01. The van der Waals surface area contributed by atoms with Crippen LogP contribution in [0.2, 0.25) is 0 Å². The van der Waals surface area contributed by atoms with Gasteiger partial charge in [0.1, 0.15) is 5.75 Å². The Labute approximate surface area is 145 Å². The number of nitrogens with zero attached hydrogens (tertiary/aromatic N) is 1. The summed E-state index contributed by atoms with van der Waals surface area (Å²) >= 11 is 0. The monoisotopic (exact) mass is 375 g/mol. The van der Waals surface area contributed by atoms with E-state index in [4.69, 9.17) is 0 Å². The SMILES string of the molecule is CN1C[C@H]2CC[C@@H]3c4ccc(OS(=O)(=O)C(F)(F)F)cc4CC[C@]23C1. The van der Waals surface area contributed by atoms with Gasteiger partial charge in [0.05, 0.1) is 0 Å². The highest BCUT2D eigenvalue weighted by Crippen LogP contribution is 2.61. The van der Waals surface area contributed by atoms with Crippen molar-refractivity contribution in [2.45, 2.75) is 37.1 Å². The first kappa shape index (κ1) is 17.1. The molecule has 25 heavy (non-hydrogen) atoms. The summed E-state index contributed by atoms with van der Waals surface area (Å²) in [5.74, 6) is 0.821. The second-order valence-electron chi connectivity index (χ2n) is 7.60. The Hall–Kier alpha value is -1.28. The number of alkyl halides is 3. The predicted molar refractivity (Wildman–Crippen MR) is 85.8 cm³/mol. The number of aryl methyl sites for hydroxylation is 1. The average molecular weight is 375 g/mol. The van der Waals surface area contributed by atoms with E-state index in [1.54, 1.807) is 6.07 Å². The molecule has 138 valence electrons. The maximum absolute atomic E-state index is 12.5. The lowest BCUT2D eigenvalue weighted by Crippen LogP contribution is -2.36. The lowest BCUT2D eigenvalue weighted by molar-refractivity contribution is -0.0500. The Bertz CT molecular complexity index is 808. The van der Waals surface area contributed by atoms with Gasteiger partial charge in [0.25, 0.3) is 0 Å². The summed E-state index contributed by atoms with van der Waals surface area (Å²) in [7, 11) is -3.49. The number of hydrogen-bond acceptors (Lipinski definition) is 4. The van der Waals surface area contributed by atoms with E-state index in [2.05, 4.69) is 16.1 Å². The largest absolute Gasteiger partial charge is 0.534 e. The molecule has 0 aromatic heterocycles. The van der Waals surface area contributed by atoms with Crippen molar-refractivity contribution >= 4 is 10.1 Å². The quantitative estimate of drug-likeness (QED) is 0.588. The predicted octanol–water partition coefficient (Wildman–Crippen LogP) is 3.29. The molecule has 1 aliphatic heterocycles. The van der Waals surface area contributed by atoms with Gasteiger partial charge in [-0.3, -0.25) is 0 Å². The number of benzene rings is 1. The van der Waals surface area contributed by atoms with Crippen LogP contribution in [-0.2, 0) is 16.5 Å². The first-order chi connectivity index (χ1) is 11.6. The molecule has 3 aliphatic rings. The van der Waals surface area contributed by atoms with Gasteiger partial charge in [-0.1, -0.05) is 6.07 Å². The maximum Gasteiger partial charge on any atom is 0.534 e. The lowest BCUT2D eigenvalue weighted by Gasteiger charge is -2.41. The van der Waals surface area contributed by atoms with Crippen LogP contribution >= 0.6 is 0 Å². The summed E-state index contributed by atoms with van der Waals surface area (Å²) in [4.78, 5) is 2.37. The smallest absolute Gasteiger partial charge is 0.376 e. The van der Waals surface area contributed by atoms with Gasteiger partial charge in [0.15, 0.2) is 0 Å². The number of halogens is 3. The van der Waals surface area contributed by atoms with Crippen LogP contribution in [0.1, 0.15) is 36.3 Å². The van der Waals surface area contributed by atoms with E-state index in [0.29, 0.717) is 11.8 Å². The van der Waals surface area contributed by atoms with E-state index < -0.39 is 15.6 Å². The Morgan fingerprint density at radius 1 is 1.28 bits per heavy atom. The van der Waals surface area contributed by atoms with Crippen LogP contribution in [0.15, 0.2) is 18.2 Å². The minimum atomic E-state index is -5.62. The van der Waals surface area contributed by atoms with Crippen molar-refractivity contribution in [3.63, 3.8) is 0 Å². The molecule has 0 radical (unpaired) electrons. The Balaban J connectivity index is 1.64. The molecule has 4 nitrogen and oxygen atoms in total. The highest BCUT2D eigenvalue weighted by atomic mass is 32.2. The van der Waals surface area contributed by atoms with Crippen LogP contribution < -0.4 is 4.18 Å². The molecular formula is C17H20F3NO3S. The van der Waals surface area contributed by atoms with E-state index in [1.165, 1.54) is 18.6 Å². The van der Waals surface area contributed by atoms with Crippen molar-refractivity contribution in [1.29, 1.82) is 0 Å². The molecule has 3 atom stereocenters. The summed E-state index contributed by atoms with van der Waals surface area (Å²) in [6, 6.07) is 4.59. The van der Waals surface area contributed by atoms with Gasteiger partial charge in [0, 0.05) is 13.1 Å². The van der Waals surface area contributed by atoms with E-state index in [1.807, 2.05) is 0 Å². The van der Waals surface area contributed by atoms with Crippen LogP contribution in [-0.4, -0.2) is 39.0 Å². The fourth-order valence-corrected chi connectivity index (χ4v) is 5.79. The highest BCUT2D eigenvalue weighted by Gasteiger charge is 2.56. The van der Waals surface area contributed by atoms with E-state index in [-0.39, 0.29) is 11.2 Å². The highest BCUT2D eigenvalue weighted by molar-refractivity contribution is 7.88. The van der Waals surface area contributed by atoms with Gasteiger partial charge in [-0.25, -0.2) is 0 Å². The molecule has 1 heterocycles. The minimum absolute atomic E-state index is 0.259. The van der Waals surface area contributed by atoms with Crippen molar-refractivity contribution in [2.24, 2.45) is 11.3 Å². The van der Waals surface area contributed by atoms with Gasteiger partial charge >= 0.3 is 15.6 Å². The van der Waals surface area contributed by atoms with Gasteiger partial charge in [-0.05, 0) is 73.2 Å². The second-order valence-corrected chi connectivity index (χ2v) is 9.14. The molecule has 1 saturated heterocycles. The van der Waals surface area contributed by atoms with Gasteiger partial charge in [-0.2, -0.15) is 21.6 Å². The zero-order chi connectivity index (χ0) is 18.0. The fraction of sp³-hybridized carbons (Fsp3) is 0.647. The molecule has 1 spiro atoms. The second kappa shape index (κ2) is 5.36. The summed E-state index contributed by atoms with van der Waals surface area (Å²) in [5, 5.41) is 0. The molecule has 8 heteroatoms. The Kier molecular flexibility index (Phi) is 3.68. The molecule has 0 N–H and O–H groups in total. The summed E-state index contributed by atoms with van der Waals surface area (Å²) in [6.45, 7) is 2.17. The van der Waals surface area contributed by atoms with E-state index >= 15 is 0 Å².